The standard InChI is InChI=1S/C14H18F2N2O2/c1-8-6-18(7-9(2)17-8)11-5-4-10(14(19)20-3)12(15)13(11)16/h4-5,8-9,17H,6-7H2,1-3H3. The highest BCUT2D eigenvalue weighted by Gasteiger charge is 2.26. The Hall–Kier alpha value is -1.69. The number of hydrogen-bond donors (Lipinski definition) is 1. The number of ether oxygens (including phenoxy) is 1. The van der Waals surface area contributed by atoms with Gasteiger partial charge in [0, 0.05) is 25.2 Å². The van der Waals surface area contributed by atoms with E-state index in [0.717, 1.165) is 7.11 Å². The van der Waals surface area contributed by atoms with Gasteiger partial charge in [-0.05, 0) is 26.0 Å². The van der Waals surface area contributed by atoms with Crippen LogP contribution in [0.25, 0.3) is 0 Å². The summed E-state index contributed by atoms with van der Waals surface area (Å²) in [6, 6.07) is 3.05. The molecule has 110 valence electrons. The van der Waals surface area contributed by atoms with Crippen LogP contribution in [0.2, 0.25) is 0 Å². The first-order valence-electron chi connectivity index (χ1n) is 6.51. The van der Waals surface area contributed by atoms with Crippen molar-refractivity contribution in [3.63, 3.8) is 0 Å². The zero-order valence-electron chi connectivity index (χ0n) is 11.7. The van der Waals surface area contributed by atoms with Gasteiger partial charge in [-0.25, -0.2) is 13.6 Å². The molecule has 1 aromatic carbocycles. The number of esters is 1. The third-order valence-electron chi connectivity index (χ3n) is 3.37. The van der Waals surface area contributed by atoms with Crippen LogP contribution in [0.1, 0.15) is 24.2 Å². The average molecular weight is 284 g/mol. The van der Waals surface area contributed by atoms with Crippen molar-refractivity contribution in [3.05, 3.63) is 29.3 Å². The second kappa shape index (κ2) is 5.75. The maximum Gasteiger partial charge on any atom is 0.340 e. The topological polar surface area (TPSA) is 41.6 Å². The molecule has 2 rings (SSSR count). The second-order valence-corrected chi connectivity index (χ2v) is 5.13. The van der Waals surface area contributed by atoms with Crippen molar-refractivity contribution in [2.75, 3.05) is 25.1 Å². The van der Waals surface area contributed by atoms with Crippen LogP contribution >= 0.6 is 0 Å². The van der Waals surface area contributed by atoms with Crippen LogP contribution in [0.15, 0.2) is 12.1 Å². The van der Waals surface area contributed by atoms with Gasteiger partial charge in [0.15, 0.2) is 11.6 Å². The minimum absolute atomic E-state index is 0.176. The molecule has 1 fully saturated rings. The number of nitrogens with one attached hydrogen (secondary N) is 1. The number of rotatable bonds is 2. The maximum absolute atomic E-state index is 14.2. The van der Waals surface area contributed by atoms with Crippen LogP contribution in [0.5, 0.6) is 0 Å². The SMILES string of the molecule is COC(=O)c1ccc(N2CC(C)NC(C)C2)c(F)c1F. The van der Waals surface area contributed by atoms with Crippen LogP contribution in [0, 0.1) is 11.6 Å². The molecule has 0 radical (unpaired) electrons. The highest BCUT2D eigenvalue weighted by molar-refractivity contribution is 5.90. The molecule has 1 aliphatic heterocycles. The van der Waals surface area contributed by atoms with Crippen molar-refractivity contribution in [1.29, 1.82) is 0 Å². The minimum Gasteiger partial charge on any atom is -0.465 e. The van der Waals surface area contributed by atoms with E-state index < -0.39 is 17.6 Å². The number of benzene rings is 1. The van der Waals surface area contributed by atoms with E-state index in [1.54, 1.807) is 4.90 Å². The fraction of sp³-hybridized carbons (Fsp3) is 0.500. The molecular formula is C14H18F2N2O2. The summed E-state index contributed by atoms with van der Waals surface area (Å²) in [7, 11) is 1.13. The van der Waals surface area contributed by atoms with Crippen LogP contribution in [0.3, 0.4) is 0 Å². The van der Waals surface area contributed by atoms with Crippen molar-refractivity contribution in [3.8, 4) is 0 Å². The molecular weight excluding hydrogens is 266 g/mol. The van der Waals surface area contributed by atoms with E-state index in [2.05, 4.69) is 10.1 Å². The van der Waals surface area contributed by atoms with Gasteiger partial charge < -0.3 is 15.0 Å². The number of piperazine rings is 1. The number of carbonyl (C=O) groups excluding carboxylic acids is 1. The molecule has 0 amide bonds. The largest absolute Gasteiger partial charge is 0.465 e. The smallest absolute Gasteiger partial charge is 0.340 e. The van der Waals surface area contributed by atoms with Gasteiger partial charge in [-0.1, -0.05) is 0 Å². The fourth-order valence-corrected chi connectivity index (χ4v) is 2.57. The van der Waals surface area contributed by atoms with E-state index in [4.69, 9.17) is 0 Å². The normalized spacial score (nSPS) is 22.8. The molecule has 2 unspecified atom stereocenters. The van der Waals surface area contributed by atoms with Crippen molar-refractivity contribution >= 4 is 11.7 Å². The number of halogens is 2. The predicted octanol–water partition coefficient (Wildman–Crippen LogP) is 1.94. The Labute approximate surface area is 116 Å². The van der Waals surface area contributed by atoms with Gasteiger partial charge >= 0.3 is 5.97 Å². The Morgan fingerprint density at radius 2 is 1.85 bits per heavy atom. The van der Waals surface area contributed by atoms with E-state index >= 15 is 0 Å². The molecule has 0 spiro atoms. The van der Waals surface area contributed by atoms with Crippen molar-refractivity contribution in [1.82, 2.24) is 5.32 Å². The van der Waals surface area contributed by atoms with E-state index in [-0.39, 0.29) is 23.3 Å². The van der Waals surface area contributed by atoms with Gasteiger partial charge in [-0.15, -0.1) is 0 Å². The summed E-state index contributed by atoms with van der Waals surface area (Å²) >= 11 is 0. The average Bonchev–Trinajstić information content (AvgIpc) is 2.39. The molecule has 0 aromatic heterocycles. The first-order valence-corrected chi connectivity index (χ1v) is 6.51. The van der Waals surface area contributed by atoms with E-state index in [1.165, 1.54) is 12.1 Å². The molecule has 20 heavy (non-hydrogen) atoms. The predicted molar refractivity (Wildman–Crippen MR) is 72.0 cm³/mol. The first-order chi connectivity index (χ1) is 9.43. The lowest BCUT2D eigenvalue weighted by Gasteiger charge is -2.37. The molecule has 4 nitrogen and oxygen atoms in total. The van der Waals surface area contributed by atoms with Crippen LogP contribution in [-0.4, -0.2) is 38.3 Å². The fourth-order valence-electron chi connectivity index (χ4n) is 2.57. The summed E-state index contributed by atoms with van der Waals surface area (Å²) in [6.07, 6.45) is 0. The Bertz CT molecular complexity index is 512. The first kappa shape index (κ1) is 14.7. The molecule has 0 bridgehead atoms. The summed E-state index contributed by atoms with van der Waals surface area (Å²) < 4.78 is 32.5. The van der Waals surface area contributed by atoms with Crippen molar-refractivity contribution in [2.45, 2.75) is 25.9 Å². The van der Waals surface area contributed by atoms with E-state index in [1.807, 2.05) is 13.8 Å². The lowest BCUT2D eigenvalue weighted by Crippen LogP contribution is -2.54. The van der Waals surface area contributed by atoms with Gasteiger partial charge in [0.1, 0.15) is 0 Å². The Morgan fingerprint density at radius 1 is 1.25 bits per heavy atom. The summed E-state index contributed by atoms with van der Waals surface area (Å²) in [5.74, 6) is -3.04. The molecule has 1 saturated heterocycles. The van der Waals surface area contributed by atoms with Crippen LogP contribution < -0.4 is 10.2 Å². The third kappa shape index (κ3) is 2.75. The van der Waals surface area contributed by atoms with Crippen molar-refractivity contribution < 1.29 is 18.3 Å². The summed E-state index contributed by atoms with van der Waals surface area (Å²) in [5, 5.41) is 3.32. The number of hydrogen-bond acceptors (Lipinski definition) is 4. The molecule has 0 aliphatic carbocycles. The number of carbonyl (C=O) groups is 1. The monoisotopic (exact) mass is 284 g/mol. The molecule has 2 atom stereocenters. The van der Waals surface area contributed by atoms with Gasteiger partial charge in [-0.3, -0.25) is 0 Å². The molecule has 0 saturated carbocycles. The van der Waals surface area contributed by atoms with Gasteiger partial charge in [0.2, 0.25) is 0 Å². The van der Waals surface area contributed by atoms with Gasteiger partial charge in [-0.2, -0.15) is 0 Å². The van der Waals surface area contributed by atoms with Crippen LogP contribution in [-0.2, 0) is 4.74 Å². The summed E-state index contributed by atoms with van der Waals surface area (Å²) in [6.45, 7) is 5.13. The van der Waals surface area contributed by atoms with Crippen molar-refractivity contribution in [2.24, 2.45) is 0 Å². The zero-order chi connectivity index (χ0) is 14.9. The highest BCUT2D eigenvalue weighted by Crippen LogP contribution is 2.26. The van der Waals surface area contributed by atoms with E-state index in [0.29, 0.717) is 13.1 Å². The molecule has 1 aromatic rings. The van der Waals surface area contributed by atoms with Crippen LogP contribution in [0.4, 0.5) is 14.5 Å². The van der Waals surface area contributed by atoms with Gasteiger partial charge in [0.25, 0.3) is 0 Å². The summed E-state index contributed by atoms with van der Waals surface area (Å²) in [5.41, 5.74) is -0.208. The zero-order valence-corrected chi connectivity index (χ0v) is 11.7. The number of anilines is 1. The molecule has 1 N–H and O–H groups in total. The Kier molecular flexibility index (Phi) is 4.23. The second-order valence-electron chi connectivity index (χ2n) is 5.13. The van der Waals surface area contributed by atoms with E-state index in [9.17, 15) is 13.6 Å². The quantitative estimate of drug-likeness (QED) is 0.843. The Morgan fingerprint density at radius 3 is 2.40 bits per heavy atom. The molecule has 6 heteroatoms. The van der Waals surface area contributed by atoms with Gasteiger partial charge in [0.05, 0.1) is 18.4 Å². The lowest BCUT2D eigenvalue weighted by molar-refractivity contribution is 0.0594. The molecule has 1 heterocycles. The lowest BCUT2D eigenvalue weighted by atomic mass is 10.1. The minimum atomic E-state index is -1.16. The maximum atomic E-state index is 14.2. The number of methoxy groups -OCH3 is 1. The Balaban J connectivity index is 2.34. The third-order valence-corrected chi connectivity index (χ3v) is 3.37. The molecule has 1 aliphatic rings. The number of nitrogens with zero attached hydrogens (tertiary/aromatic N) is 1. The summed E-state index contributed by atoms with van der Waals surface area (Å²) in [4.78, 5) is 13.1. The highest BCUT2D eigenvalue weighted by atomic mass is 19.2.